The van der Waals surface area contributed by atoms with Gasteiger partial charge in [0, 0.05) is 44.9 Å². The highest BCUT2D eigenvalue weighted by Gasteiger charge is 2.28. The topological polar surface area (TPSA) is 256 Å². The number of nitrogens with zero attached hydrogens (tertiary/aromatic N) is 3. The Morgan fingerprint density at radius 1 is 0.605 bits per heavy atom. The molecule has 0 aliphatic rings. The van der Waals surface area contributed by atoms with Gasteiger partial charge in [-0.3, -0.25) is 48.3 Å². The summed E-state index contributed by atoms with van der Waals surface area (Å²) in [6.45, 7) is 0.408. The van der Waals surface area contributed by atoms with Gasteiger partial charge in [0.2, 0.25) is 0 Å². The van der Waals surface area contributed by atoms with Crippen LogP contribution < -0.4 is 5.73 Å². The molecular formula is C27H46N4O12. The van der Waals surface area contributed by atoms with E-state index in [0.29, 0.717) is 25.7 Å². The number of hydrogen-bond donors (Lipinski definition) is 6. The smallest absolute Gasteiger partial charge is 0.320 e. The van der Waals surface area contributed by atoms with E-state index < -0.39 is 68.1 Å². The summed E-state index contributed by atoms with van der Waals surface area (Å²) in [7, 11) is 0. The van der Waals surface area contributed by atoms with E-state index in [4.69, 9.17) is 26.2 Å². The summed E-state index contributed by atoms with van der Waals surface area (Å²) in [4.78, 5) is 84.9. The van der Waals surface area contributed by atoms with Crippen LogP contribution in [0.15, 0.2) is 0 Å². The first kappa shape index (κ1) is 39.5. The standard InChI is InChI=1S/C27H46N4O12/c1-18(2)26(41)20(28)7-5-3-4-6-19(32)8-9-21(27(42)43)31(12-10-29(14-22(33)34)15-23(35)36)13-11-30(16-24(37)38)17-25(39)40/h18,20-21H,3-17,28H2,1-2H3,(H,33,34)(H,35,36)(H,37,38)(H,39,40)(H,42,43)/t20-,21-/m0/s1. The van der Waals surface area contributed by atoms with Crippen molar-refractivity contribution in [2.45, 2.75) is 70.9 Å². The first-order valence-electron chi connectivity index (χ1n) is 14.1. The second-order valence-corrected chi connectivity index (χ2v) is 10.7. The molecule has 0 saturated carbocycles. The van der Waals surface area contributed by atoms with Crippen LogP contribution in [0.1, 0.15) is 58.8 Å². The Balaban J connectivity index is 5.39. The maximum Gasteiger partial charge on any atom is 0.320 e. The minimum Gasteiger partial charge on any atom is -0.480 e. The largest absolute Gasteiger partial charge is 0.480 e. The van der Waals surface area contributed by atoms with Crippen LogP contribution in [-0.4, -0.2) is 146 Å². The highest BCUT2D eigenvalue weighted by atomic mass is 16.4. The minimum absolute atomic E-state index is 0.0246. The Bertz CT molecular complexity index is 886. The zero-order valence-corrected chi connectivity index (χ0v) is 24.9. The molecule has 0 radical (unpaired) electrons. The normalized spacial score (nSPS) is 12.9. The first-order valence-corrected chi connectivity index (χ1v) is 14.1. The molecule has 0 aromatic carbocycles. The zero-order valence-electron chi connectivity index (χ0n) is 24.9. The Morgan fingerprint density at radius 3 is 1.42 bits per heavy atom. The summed E-state index contributed by atoms with van der Waals surface area (Å²) < 4.78 is 0. The van der Waals surface area contributed by atoms with Gasteiger partial charge in [-0.25, -0.2) is 0 Å². The van der Waals surface area contributed by atoms with Crippen LogP contribution in [-0.2, 0) is 33.6 Å². The monoisotopic (exact) mass is 618 g/mol. The number of carboxylic acid groups (broad SMARTS) is 5. The Hall–Kier alpha value is -3.47. The van der Waals surface area contributed by atoms with Crippen LogP contribution in [0.5, 0.6) is 0 Å². The molecule has 0 bridgehead atoms. The summed E-state index contributed by atoms with van der Waals surface area (Å²) in [6, 6.07) is -1.82. The van der Waals surface area contributed by atoms with E-state index in [1.165, 1.54) is 4.90 Å². The van der Waals surface area contributed by atoms with E-state index in [0.717, 1.165) is 9.80 Å². The molecule has 0 heterocycles. The molecule has 0 spiro atoms. The van der Waals surface area contributed by atoms with Crippen LogP contribution in [0.2, 0.25) is 0 Å². The maximum absolute atomic E-state index is 12.5. The fraction of sp³-hybridized carbons (Fsp3) is 0.741. The number of carboxylic acids is 5. The molecule has 0 unspecified atom stereocenters. The minimum atomic E-state index is -1.30. The highest BCUT2D eigenvalue weighted by Crippen LogP contribution is 2.14. The van der Waals surface area contributed by atoms with Crippen molar-refractivity contribution in [3.05, 3.63) is 0 Å². The SMILES string of the molecule is CC(C)C(=O)[C@@H](N)CCCCCC(=O)CC[C@@H](C(=O)O)N(CCN(CC(=O)O)CC(=O)O)CCN(CC(=O)O)CC(=O)O. The van der Waals surface area contributed by atoms with Crippen LogP contribution in [0.25, 0.3) is 0 Å². The average molecular weight is 619 g/mol. The van der Waals surface area contributed by atoms with Crippen molar-refractivity contribution < 1.29 is 59.1 Å². The number of ketones is 2. The van der Waals surface area contributed by atoms with Crippen molar-refractivity contribution in [3.8, 4) is 0 Å². The van der Waals surface area contributed by atoms with E-state index in [-0.39, 0.29) is 62.9 Å². The van der Waals surface area contributed by atoms with Gasteiger partial charge in [-0.1, -0.05) is 26.7 Å². The van der Waals surface area contributed by atoms with Crippen molar-refractivity contribution in [1.82, 2.24) is 14.7 Å². The van der Waals surface area contributed by atoms with Gasteiger partial charge in [-0.2, -0.15) is 0 Å². The summed E-state index contributed by atoms with van der Waals surface area (Å²) in [5.74, 6) is -6.86. The number of rotatable bonds is 27. The Morgan fingerprint density at radius 2 is 1.05 bits per heavy atom. The van der Waals surface area contributed by atoms with Crippen LogP contribution in [0.4, 0.5) is 0 Å². The fourth-order valence-electron chi connectivity index (χ4n) is 4.47. The lowest BCUT2D eigenvalue weighted by Crippen LogP contribution is -2.50. The molecule has 2 atom stereocenters. The quantitative estimate of drug-likeness (QED) is 0.0636. The molecule has 0 amide bonds. The van der Waals surface area contributed by atoms with E-state index in [2.05, 4.69) is 0 Å². The lowest BCUT2D eigenvalue weighted by atomic mass is 9.97. The third kappa shape index (κ3) is 19.4. The predicted octanol–water partition coefficient (Wildman–Crippen LogP) is -0.464. The molecule has 0 aromatic heterocycles. The summed E-state index contributed by atoms with van der Waals surface area (Å²) in [5, 5.41) is 46.4. The van der Waals surface area contributed by atoms with Gasteiger partial charge in [-0.15, -0.1) is 0 Å². The van der Waals surface area contributed by atoms with Crippen molar-refractivity contribution in [1.29, 1.82) is 0 Å². The first-order chi connectivity index (χ1) is 20.0. The maximum atomic E-state index is 12.5. The molecule has 0 rings (SSSR count). The van der Waals surface area contributed by atoms with Crippen molar-refractivity contribution >= 4 is 41.4 Å². The van der Waals surface area contributed by atoms with Crippen LogP contribution >= 0.6 is 0 Å². The van der Waals surface area contributed by atoms with Gasteiger partial charge < -0.3 is 31.3 Å². The molecule has 246 valence electrons. The molecule has 16 nitrogen and oxygen atoms in total. The number of nitrogens with two attached hydrogens (primary N) is 1. The number of carbonyl (C=O) groups is 7. The van der Waals surface area contributed by atoms with Crippen LogP contribution in [0, 0.1) is 5.92 Å². The number of Topliss-reactive ketones (excluding diaryl/α,β-unsaturated/α-hetero) is 2. The molecule has 43 heavy (non-hydrogen) atoms. The molecule has 0 aliphatic carbocycles. The van der Waals surface area contributed by atoms with Crippen molar-refractivity contribution in [2.75, 3.05) is 52.4 Å². The van der Waals surface area contributed by atoms with Gasteiger partial charge in [0.1, 0.15) is 11.8 Å². The predicted molar refractivity (Wildman–Crippen MR) is 152 cm³/mol. The summed E-state index contributed by atoms with van der Waals surface area (Å²) >= 11 is 0. The lowest BCUT2D eigenvalue weighted by molar-refractivity contribution is -0.146. The van der Waals surface area contributed by atoms with Gasteiger partial charge in [0.05, 0.1) is 32.2 Å². The second kappa shape index (κ2) is 21.3. The molecule has 0 saturated heterocycles. The van der Waals surface area contributed by atoms with Crippen molar-refractivity contribution in [2.24, 2.45) is 11.7 Å². The molecule has 0 aliphatic heterocycles. The fourth-order valence-corrected chi connectivity index (χ4v) is 4.47. The van der Waals surface area contributed by atoms with Crippen LogP contribution in [0.3, 0.4) is 0 Å². The lowest BCUT2D eigenvalue weighted by Gasteiger charge is -2.32. The van der Waals surface area contributed by atoms with E-state index in [9.17, 15) is 38.7 Å². The summed E-state index contributed by atoms with van der Waals surface area (Å²) in [6.07, 6.45) is 2.31. The molecule has 16 heteroatoms. The van der Waals surface area contributed by atoms with Gasteiger partial charge in [-0.05, 0) is 19.3 Å². The van der Waals surface area contributed by atoms with E-state index in [1.54, 1.807) is 13.8 Å². The third-order valence-corrected chi connectivity index (χ3v) is 6.67. The number of hydrogen-bond acceptors (Lipinski definition) is 11. The van der Waals surface area contributed by atoms with Gasteiger partial charge >= 0.3 is 29.8 Å². The van der Waals surface area contributed by atoms with Gasteiger partial charge in [0.15, 0.2) is 5.78 Å². The number of aliphatic carboxylic acids is 5. The third-order valence-electron chi connectivity index (χ3n) is 6.67. The average Bonchev–Trinajstić information content (AvgIpc) is 2.87. The second-order valence-electron chi connectivity index (χ2n) is 10.7. The zero-order chi connectivity index (χ0) is 33.1. The number of carbonyl (C=O) groups excluding carboxylic acids is 2. The Kier molecular flexibility index (Phi) is 19.5. The molecule has 7 N–H and O–H groups in total. The van der Waals surface area contributed by atoms with Gasteiger partial charge in [0.25, 0.3) is 0 Å². The Labute approximate surface area is 250 Å². The van der Waals surface area contributed by atoms with Crippen molar-refractivity contribution in [3.63, 3.8) is 0 Å². The molecule has 0 fully saturated rings. The van der Waals surface area contributed by atoms with E-state index in [1.807, 2.05) is 0 Å². The highest BCUT2D eigenvalue weighted by molar-refractivity contribution is 5.85. The molecule has 0 aromatic rings. The van der Waals surface area contributed by atoms with E-state index >= 15 is 0 Å². The summed E-state index contributed by atoms with van der Waals surface area (Å²) in [5.41, 5.74) is 5.88. The number of unbranched alkanes of at least 4 members (excludes halogenated alkanes) is 2. The molecular weight excluding hydrogens is 572 g/mol.